The Bertz CT molecular complexity index is 839. The second-order valence-electron chi connectivity index (χ2n) is 11.4. The van der Waals surface area contributed by atoms with E-state index >= 15 is 0 Å². The molecule has 8 heteroatoms. The third-order valence-corrected chi connectivity index (χ3v) is 6.54. The van der Waals surface area contributed by atoms with Crippen LogP contribution in [0.25, 0.3) is 0 Å². The molecule has 0 saturated heterocycles. The van der Waals surface area contributed by atoms with Crippen LogP contribution in [0.1, 0.15) is 97.3 Å². The van der Waals surface area contributed by atoms with E-state index in [0.29, 0.717) is 6.42 Å². The Morgan fingerprint density at radius 1 is 0.762 bits per heavy atom. The van der Waals surface area contributed by atoms with Crippen molar-refractivity contribution < 1.29 is 38.2 Å². The summed E-state index contributed by atoms with van der Waals surface area (Å²) in [7, 11) is 5.33. The molecule has 0 aliphatic carbocycles. The zero-order valence-corrected chi connectivity index (χ0v) is 26.9. The summed E-state index contributed by atoms with van der Waals surface area (Å²) in [6, 6.07) is -0.723. The summed E-state index contributed by atoms with van der Waals surface area (Å²) in [5.41, 5.74) is 0. The third-order valence-electron chi connectivity index (χ3n) is 6.54. The largest absolute Gasteiger partial charge is 0.544 e. The first-order valence-electron chi connectivity index (χ1n) is 15.6. The fourth-order valence-electron chi connectivity index (χ4n) is 4.14. The lowest BCUT2D eigenvalue weighted by molar-refractivity contribution is -0.889. The standard InChI is InChI=1S/C34H57NO7/c1-6-7-8-9-10-11-12-13-14-15-16-17-18-19-20-21-22-23-24-25-33(37)42-31(29-41-30(2)36)28-40-27-26-32(34(38)39)35(3,4)5/h7-8,10-11,13-14,16-17,31-32H,6,9,12,15,18-29H2,1-5H3/b8-7-,11-10-,14-13-,17-16-. The molecule has 0 aromatic heterocycles. The molecule has 0 aliphatic rings. The summed E-state index contributed by atoms with van der Waals surface area (Å²) >= 11 is 0. The first kappa shape index (κ1) is 39.3. The normalized spacial score (nSPS) is 13.8. The Balaban J connectivity index is 4.00. The monoisotopic (exact) mass is 591 g/mol. The molecule has 0 aliphatic heterocycles. The zero-order chi connectivity index (χ0) is 31.5. The maximum Gasteiger partial charge on any atom is 0.306 e. The zero-order valence-electron chi connectivity index (χ0n) is 26.9. The van der Waals surface area contributed by atoms with Crippen LogP contribution in [0.2, 0.25) is 0 Å². The van der Waals surface area contributed by atoms with Gasteiger partial charge in [-0.2, -0.15) is 0 Å². The Labute approximate surface area is 255 Å². The molecule has 42 heavy (non-hydrogen) atoms. The highest BCUT2D eigenvalue weighted by atomic mass is 16.6. The van der Waals surface area contributed by atoms with Crippen LogP contribution in [0.4, 0.5) is 0 Å². The molecule has 0 heterocycles. The Hall–Kier alpha value is -2.71. The van der Waals surface area contributed by atoms with Gasteiger partial charge in [0.15, 0.2) is 6.10 Å². The summed E-state index contributed by atoms with van der Waals surface area (Å²) in [6.45, 7) is 3.51. The van der Waals surface area contributed by atoms with Crippen LogP contribution in [0.3, 0.4) is 0 Å². The van der Waals surface area contributed by atoms with Crippen LogP contribution in [-0.2, 0) is 28.6 Å². The van der Waals surface area contributed by atoms with Crippen LogP contribution in [0, 0.1) is 0 Å². The number of carbonyl (C=O) groups is 3. The number of allylic oxidation sites excluding steroid dienone is 8. The van der Waals surface area contributed by atoms with E-state index in [9.17, 15) is 19.5 Å². The van der Waals surface area contributed by atoms with Crippen LogP contribution in [-0.4, -0.2) is 75.5 Å². The SMILES string of the molecule is CC/C=C\C/C=C\C/C=C\C/C=C\CCCCCCCCC(=O)OC(COCCC(C(=O)[O-])[N+](C)(C)C)COC(C)=O. The summed E-state index contributed by atoms with van der Waals surface area (Å²) in [5.74, 6) is -1.96. The Morgan fingerprint density at radius 2 is 1.31 bits per heavy atom. The second-order valence-corrected chi connectivity index (χ2v) is 11.4. The first-order valence-corrected chi connectivity index (χ1v) is 15.6. The van der Waals surface area contributed by atoms with E-state index in [1.807, 2.05) is 0 Å². The minimum absolute atomic E-state index is 0.0230. The topological polar surface area (TPSA) is 102 Å². The average molecular weight is 592 g/mol. The van der Waals surface area contributed by atoms with Crippen LogP contribution >= 0.6 is 0 Å². The molecule has 0 aromatic carbocycles. The molecule has 0 saturated carbocycles. The number of carboxylic acids is 1. The van der Waals surface area contributed by atoms with Crippen molar-refractivity contribution in [3.05, 3.63) is 48.6 Å². The summed E-state index contributed by atoms with van der Waals surface area (Å²) in [5, 5.41) is 11.4. The highest BCUT2D eigenvalue weighted by molar-refractivity contribution is 5.70. The van der Waals surface area contributed by atoms with Gasteiger partial charge in [0.2, 0.25) is 0 Å². The number of hydrogen-bond donors (Lipinski definition) is 0. The lowest BCUT2D eigenvalue weighted by Gasteiger charge is -2.34. The van der Waals surface area contributed by atoms with Gasteiger partial charge in [-0.1, -0.05) is 81.2 Å². The maximum absolute atomic E-state index is 12.3. The maximum atomic E-state index is 12.3. The number of esters is 2. The van der Waals surface area contributed by atoms with Crippen LogP contribution < -0.4 is 5.11 Å². The van der Waals surface area contributed by atoms with Crippen molar-refractivity contribution >= 4 is 17.9 Å². The molecule has 2 atom stereocenters. The van der Waals surface area contributed by atoms with Crippen molar-refractivity contribution in [3.63, 3.8) is 0 Å². The Kier molecular flexibility index (Phi) is 24.3. The number of rotatable bonds is 26. The fraction of sp³-hybridized carbons (Fsp3) is 0.676. The molecular formula is C34H57NO7. The molecule has 0 aromatic rings. The van der Waals surface area contributed by atoms with Crippen molar-refractivity contribution in [1.29, 1.82) is 0 Å². The predicted molar refractivity (Wildman–Crippen MR) is 166 cm³/mol. The Morgan fingerprint density at radius 3 is 1.86 bits per heavy atom. The molecule has 0 spiro atoms. The number of likely N-dealkylation sites (N-methyl/N-ethyl adjacent to an activating group) is 1. The van der Waals surface area contributed by atoms with E-state index in [0.717, 1.165) is 57.8 Å². The predicted octanol–water partition coefficient (Wildman–Crippen LogP) is 5.62. The number of carboxylic acid groups (broad SMARTS) is 1. The van der Waals surface area contributed by atoms with E-state index in [1.54, 1.807) is 21.1 Å². The first-order chi connectivity index (χ1) is 20.1. The van der Waals surface area contributed by atoms with Crippen molar-refractivity contribution in [2.75, 3.05) is 41.0 Å². The average Bonchev–Trinajstić information content (AvgIpc) is 2.91. The molecule has 0 N–H and O–H groups in total. The molecule has 0 bridgehead atoms. The van der Waals surface area contributed by atoms with Crippen LogP contribution in [0.15, 0.2) is 48.6 Å². The summed E-state index contributed by atoms with van der Waals surface area (Å²) < 4.78 is 16.3. The lowest BCUT2D eigenvalue weighted by atomic mass is 10.1. The molecule has 240 valence electrons. The van der Waals surface area contributed by atoms with Gasteiger partial charge in [0.1, 0.15) is 12.6 Å². The fourth-order valence-corrected chi connectivity index (χ4v) is 4.14. The van der Waals surface area contributed by atoms with Crippen molar-refractivity contribution in [1.82, 2.24) is 0 Å². The van der Waals surface area contributed by atoms with E-state index in [4.69, 9.17) is 14.2 Å². The molecule has 0 fully saturated rings. The summed E-state index contributed by atoms with van der Waals surface area (Å²) in [6.07, 6.45) is 29.0. The molecular weight excluding hydrogens is 534 g/mol. The lowest BCUT2D eigenvalue weighted by Crippen LogP contribution is -2.55. The number of nitrogens with zero attached hydrogens (tertiary/aromatic N) is 1. The van der Waals surface area contributed by atoms with Gasteiger partial charge < -0.3 is 28.6 Å². The number of hydrogen-bond acceptors (Lipinski definition) is 7. The summed E-state index contributed by atoms with van der Waals surface area (Å²) in [4.78, 5) is 34.9. The van der Waals surface area contributed by atoms with Gasteiger partial charge in [-0.15, -0.1) is 0 Å². The smallest absolute Gasteiger partial charge is 0.306 e. The molecule has 0 radical (unpaired) electrons. The van der Waals surface area contributed by atoms with Crippen LogP contribution in [0.5, 0.6) is 0 Å². The van der Waals surface area contributed by atoms with Gasteiger partial charge in [-0.05, 0) is 44.9 Å². The highest BCUT2D eigenvalue weighted by Crippen LogP contribution is 2.11. The minimum atomic E-state index is -1.14. The van der Waals surface area contributed by atoms with Gasteiger partial charge in [0.25, 0.3) is 0 Å². The highest BCUT2D eigenvalue weighted by Gasteiger charge is 2.25. The van der Waals surface area contributed by atoms with Crippen molar-refractivity contribution in [2.24, 2.45) is 0 Å². The molecule has 0 rings (SSSR count). The number of aliphatic carboxylic acids is 1. The van der Waals surface area contributed by atoms with E-state index in [2.05, 4.69) is 55.5 Å². The number of carbonyl (C=O) groups excluding carboxylic acids is 3. The van der Waals surface area contributed by atoms with E-state index < -0.39 is 24.1 Å². The van der Waals surface area contributed by atoms with Gasteiger partial charge in [-0.25, -0.2) is 0 Å². The molecule has 8 nitrogen and oxygen atoms in total. The molecule has 2 unspecified atom stereocenters. The van der Waals surface area contributed by atoms with Crippen molar-refractivity contribution in [2.45, 2.75) is 109 Å². The quantitative estimate of drug-likeness (QED) is 0.0557. The molecule has 0 amide bonds. The van der Waals surface area contributed by atoms with E-state index in [-0.39, 0.29) is 36.7 Å². The van der Waals surface area contributed by atoms with Crippen molar-refractivity contribution in [3.8, 4) is 0 Å². The third kappa shape index (κ3) is 25.0. The number of ether oxygens (including phenoxy) is 3. The minimum Gasteiger partial charge on any atom is -0.544 e. The number of quaternary nitrogens is 1. The number of unbranched alkanes of at least 4 members (excludes halogenated alkanes) is 6. The van der Waals surface area contributed by atoms with Gasteiger partial charge in [0.05, 0.1) is 40.3 Å². The van der Waals surface area contributed by atoms with Gasteiger partial charge in [0, 0.05) is 19.8 Å². The van der Waals surface area contributed by atoms with Gasteiger partial charge in [-0.3, -0.25) is 9.59 Å². The second kappa shape index (κ2) is 26.0. The van der Waals surface area contributed by atoms with Gasteiger partial charge >= 0.3 is 11.9 Å². The van der Waals surface area contributed by atoms with E-state index in [1.165, 1.54) is 19.8 Å².